The number of amides is 2. The molecule has 0 aliphatic carbocycles. The van der Waals surface area contributed by atoms with Crippen molar-refractivity contribution < 1.29 is 9.59 Å². The van der Waals surface area contributed by atoms with Crippen molar-refractivity contribution >= 4 is 40.0 Å². The van der Waals surface area contributed by atoms with Crippen molar-refractivity contribution in [1.29, 1.82) is 0 Å². The maximum Gasteiger partial charge on any atom is 0.257 e. The average Bonchev–Trinajstić information content (AvgIpc) is 3.16. The first-order chi connectivity index (χ1) is 13.5. The van der Waals surface area contributed by atoms with Crippen LogP contribution in [0.25, 0.3) is 11.3 Å². The van der Waals surface area contributed by atoms with Crippen LogP contribution in [-0.4, -0.2) is 23.1 Å². The second-order valence-corrected chi connectivity index (χ2v) is 8.00. The molecule has 0 fully saturated rings. The summed E-state index contributed by atoms with van der Waals surface area (Å²) < 4.78 is 0. The summed E-state index contributed by atoms with van der Waals surface area (Å²) in [7, 11) is 0. The van der Waals surface area contributed by atoms with E-state index in [4.69, 9.17) is 0 Å². The molecular formula is C21H21N3O2S2. The fourth-order valence-corrected chi connectivity index (χ4v) is 3.83. The quantitative estimate of drug-likeness (QED) is 0.561. The molecule has 3 rings (SSSR count). The molecule has 144 valence electrons. The Morgan fingerprint density at radius 3 is 2.36 bits per heavy atom. The summed E-state index contributed by atoms with van der Waals surface area (Å²) in [6.07, 6.45) is 2.00. The number of rotatable bonds is 6. The van der Waals surface area contributed by atoms with Gasteiger partial charge in [0.1, 0.15) is 0 Å². The first-order valence-electron chi connectivity index (χ1n) is 8.74. The molecular weight excluding hydrogens is 390 g/mol. The fourth-order valence-electron chi connectivity index (χ4n) is 2.71. The predicted molar refractivity (Wildman–Crippen MR) is 116 cm³/mol. The topological polar surface area (TPSA) is 71.1 Å². The third-order valence-corrected chi connectivity index (χ3v) is 5.70. The maximum absolute atomic E-state index is 12.4. The highest BCUT2D eigenvalue weighted by Crippen LogP contribution is 2.26. The third-order valence-electron chi connectivity index (χ3n) is 4.20. The Kier molecular flexibility index (Phi) is 6.49. The summed E-state index contributed by atoms with van der Waals surface area (Å²) in [6.45, 7) is 3.45. The Bertz CT molecular complexity index is 966. The summed E-state index contributed by atoms with van der Waals surface area (Å²) >= 11 is 3.03. The summed E-state index contributed by atoms with van der Waals surface area (Å²) in [6, 6.07) is 15.3. The number of benzene rings is 2. The molecule has 1 heterocycles. The highest BCUT2D eigenvalue weighted by Gasteiger charge is 2.11. The molecule has 0 radical (unpaired) electrons. The molecule has 1 aromatic heterocycles. The normalized spacial score (nSPS) is 11.7. The van der Waals surface area contributed by atoms with E-state index < -0.39 is 0 Å². The molecule has 0 unspecified atom stereocenters. The van der Waals surface area contributed by atoms with Crippen molar-refractivity contribution in [1.82, 2.24) is 10.3 Å². The van der Waals surface area contributed by atoms with Crippen LogP contribution < -0.4 is 10.6 Å². The van der Waals surface area contributed by atoms with Gasteiger partial charge in [0.05, 0.1) is 11.7 Å². The van der Waals surface area contributed by atoms with Crippen LogP contribution in [0.1, 0.15) is 35.8 Å². The van der Waals surface area contributed by atoms with Crippen LogP contribution in [0.15, 0.2) is 58.8 Å². The van der Waals surface area contributed by atoms with E-state index in [0.29, 0.717) is 10.7 Å². The Morgan fingerprint density at radius 2 is 1.75 bits per heavy atom. The first-order valence-corrected chi connectivity index (χ1v) is 10.8. The minimum atomic E-state index is -0.173. The van der Waals surface area contributed by atoms with Crippen molar-refractivity contribution in [2.24, 2.45) is 0 Å². The number of nitrogens with zero attached hydrogens (tertiary/aromatic N) is 1. The SMILES string of the molecule is CSc1ccc(C(=O)Nc2nc(-c3ccc([C@H](C)NC(C)=O)cc3)cs2)cc1. The van der Waals surface area contributed by atoms with E-state index in [0.717, 1.165) is 21.7 Å². The molecule has 0 bridgehead atoms. The highest BCUT2D eigenvalue weighted by atomic mass is 32.2. The minimum absolute atomic E-state index is 0.0469. The minimum Gasteiger partial charge on any atom is -0.350 e. The molecule has 0 saturated heterocycles. The lowest BCUT2D eigenvalue weighted by Gasteiger charge is -2.13. The number of aromatic nitrogens is 1. The molecule has 0 aliphatic heterocycles. The molecule has 0 spiro atoms. The number of thioether (sulfide) groups is 1. The van der Waals surface area contributed by atoms with E-state index >= 15 is 0 Å². The molecule has 0 aliphatic rings. The number of carbonyl (C=O) groups is 2. The standard InChI is InChI=1S/C21H21N3O2S2/c1-13(22-14(2)25)15-4-6-16(7-5-15)19-12-28-21(23-19)24-20(26)17-8-10-18(27-3)11-9-17/h4-13H,1-3H3,(H,22,25)(H,23,24,26)/t13-/m0/s1. The van der Waals surface area contributed by atoms with Crippen molar-refractivity contribution in [2.75, 3.05) is 11.6 Å². The van der Waals surface area contributed by atoms with Gasteiger partial charge in [0.15, 0.2) is 5.13 Å². The number of anilines is 1. The lowest BCUT2D eigenvalue weighted by Crippen LogP contribution is -2.23. The average molecular weight is 412 g/mol. The van der Waals surface area contributed by atoms with Crippen LogP contribution in [0, 0.1) is 0 Å². The number of hydrogen-bond acceptors (Lipinski definition) is 5. The van der Waals surface area contributed by atoms with E-state index in [1.54, 1.807) is 11.8 Å². The van der Waals surface area contributed by atoms with E-state index in [2.05, 4.69) is 15.6 Å². The van der Waals surface area contributed by atoms with Gasteiger partial charge in [0.2, 0.25) is 5.91 Å². The Morgan fingerprint density at radius 1 is 1.07 bits per heavy atom. The van der Waals surface area contributed by atoms with Crippen LogP contribution in [0.3, 0.4) is 0 Å². The van der Waals surface area contributed by atoms with E-state index in [-0.39, 0.29) is 17.9 Å². The Labute approximate surface area is 172 Å². The fraction of sp³-hybridized carbons (Fsp3) is 0.190. The van der Waals surface area contributed by atoms with Crippen molar-refractivity contribution in [2.45, 2.75) is 24.8 Å². The zero-order chi connectivity index (χ0) is 20.1. The van der Waals surface area contributed by atoms with Gasteiger partial charge in [-0.25, -0.2) is 4.98 Å². The van der Waals surface area contributed by atoms with Crippen molar-refractivity contribution in [3.63, 3.8) is 0 Å². The van der Waals surface area contributed by atoms with E-state index in [9.17, 15) is 9.59 Å². The van der Waals surface area contributed by atoms with Crippen molar-refractivity contribution in [3.05, 3.63) is 65.0 Å². The van der Waals surface area contributed by atoms with Gasteiger partial charge in [-0.1, -0.05) is 24.3 Å². The molecule has 2 amide bonds. The van der Waals surface area contributed by atoms with Gasteiger partial charge in [-0.05, 0) is 43.0 Å². The zero-order valence-electron chi connectivity index (χ0n) is 15.9. The van der Waals surface area contributed by atoms with E-state index in [1.807, 2.05) is 67.1 Å². The second-order valence-electron chi connectivity index (χ2n) is 6.26. The number of nitrogens with one attached hydrogen (secondary N) is 2. The molecule has 0 saturated carbocycles. The maximum atomic E-state index is 12.4. The van der Waals surface area contributed by atoms with Crippen LogP contribution in [-0.2, 0) is 4.79 Å². The third kappa shape index (κ3) is 4.99. The highest BCUT2D eigenvalue weighted by molar-refractivity contribution is 7.98. The molecule has 3 aromatic rings. The molecule has 7 heteroatoms. The molecule has 2 N–H and O–H groups in total. The van der Waals surface area contributed by atoms with Gasteiger partial charge in [-0.3, -0.25) is 14.9 Å². The van der Waals surface area contributed by atoms with E-state index in [1.165, 1.54) is 18.3 Å². The van der Waals surface area contributed by atoms with Gasteiger partial charge < -0.3 is 5.32 Å². The lowest BCUT2D eigenvalue weighted by atomic mass is 10.1. The zero-order valence-corrected chi connectivity index (χ0v) is 17.5. The molecule has 28 heavy (non-hydrogen) atoms. The molecule has 2 aromatic carbocycles. The van der Waals surface area contributed by atoms with Gasteiger partial charge in [-0.15, -0.1) is 23.1 Å². The summed E-state index contributed by atoms with van der Waals surface area (Å²) in [5, 5.41) is 8.19. The van der Waals surface area contributed by atoms with Crippen LogP contribution in [0.5, 0.6) is 0 Å². The first kappa shape index (κ1) is 20.1. The predicted octanol–water partition coefficient (Wildman–Crippen LogP) is 4.98. The van der Waals surface area contributed by atoms with Crippen molar-refractivity contribution in [3.8, 4) is 11.3 Å². The van der Waals surface area contributed by atoms with Gasteiger partial charge in [0, 0.05) is 28.3 Å². The molecule has 1 atom stereocenters. The monoisotopic (exact) mass is 411 g/mol. The summed E-state index contributed by atoms with van der Waals surface area (Å²) in [5.74, 6) is -0.229. The van der Waals surface area contributed by atoms with Gasteiger partial charge in [-0.2, -0.15) is 0 Å². The summed E-state index contributed by atoms with van der Waals surface area (Å²) in [4.78, 5) is 29.2. The Hall–Kier alpha value is -2.64. The Balaban J connectivity index is 1.67. The smallest absolute Gasteiger partial charge is 0.257 e. The van der Waals surface area contributed by atoms with Crippen LogP contribution >= 0.6 is 23.1 Å². The number of carbonyl (C=O) groups excluding carboxylic acids is 2. The van der Waals surface area contributed by atoms with Crippen LogP contribution in [0.2, 0.25) is 0 Å². The summed E-state index contributed by atoms with van der Waals surface area (Å²) in [5.41, 5.74) is 3.39. The number of hydrogen-bond donors (Lipinski definition) is 2. The largest absolute Gasteiger partial charge is 0.350 e. The van der Waals surface area contributed by atoms with Crippen LogP contribution in [0.4, 0.5) is 5.13 Å². The lowest BCUT2D eigenvalue weighted by molar-refractivity contribution is -0.119. The number of thiazole rings is 1. The molecule has 5 nitrogen and oxygen atoms in total. The second kappa shape index (κ2) is 9.03. The van der Waals surface area contributed by atoms with Gasteiger partial charge in [0.25, 0.3) is 5.91 Å². The van der Waals surface area contributed by atoms with Gasteiger partial charge >= 0.3 is 0 Å².